The SMILES string of the molecule is CC(CO)C(C)NCC(C(=O)O)c1ccccc1. The highest BCUT2D eigenvalue weighted by molar-refractivity contribution is 5.76. The molecule has 0 aliphatic heterocycles. The van der Waals surface area contributed by atoms with Crippen LogP contribution in [0.25, 0.3) is 0 Å². The van der Waals surface area contributed by atoms with Crippen molar-refractivity contribution in [2.24, 2.45) is 5.92 Å². The van der Waals surface area contributed by atoms with Crippen molar-refractivity contribution in [3.05, 3.63) is 35.9 Å². The Morgan fingerprint density at radius 2 is 1.89 bits per heavy atom. The van der Waals surface area contributed by atoms with Crippen LogP contribution in [0.2, 0.25) is 0 Å². The van der Waals surface area contributed by atoms with Crippen molar-refractivity contribution in [1.82, 2.24) is 5.32 Å². The molecule has 0 saturated carbocycles. The van der Waals surface area contributed by atoms with Crippen molar-refractivity contribution < 1.29 is 15.0 Å². The average molecular weight is 251 g/mol. The first-order valence-electron chi connectivity index (χ1n) is 6.18. The van der Waals surface area contributed by atoms with Gasteiger partial charge in [0.15, 0.2) is 0 Å². The number of hydrogen-bond donors (Lipinski definition) is 3. The van der Waals surface area contributed by atoms with Crippen LogP contribution in [0, 0.1) is 5.92 Å². The van der Waals surface area contributed by atoms with Gasteiger partial charge in [0.25, 0.3) is 0 Å². The molecule has 0 heterocycles. The third-order valence-corrected chi connectivity index (χ3v) is 3.29. The summed E-state index contributed by atoms with van der Waals surface area (Å²) in [5.74, 6) is -1.28. The zero-order chi connectivity index (χ0) is 13.5. The van der Waals surface area contributed by atoms with Crippen LogP contribution >= 0.6 is 0 Å². The van der Waals surface area contributed by atoms with Crippen LogP contribution in [0.15, 0.2) is 30.3 Å². The summed E-state index contributed by atoms with van der Waals surface area (Å²) in [4.78, 5) is 11.3. The summed E-state index contributed by atoms with van der Waals surface area (Å²) in [6.45, 7) is 4.34. The number of carboxylic acid groups (broad SMARTS) is 1. The number of hydrogen-bond acceptors (Lipinski definition) is 3. The lowest BCUT2D eigenvalue weighted by Crippen LogP contribution is -2.38. The van der Waals surface area contributed by atoms with E-state index in [0.29, 0.717) is 6.54 Å². The van der Waals surface area contributed by atoms with Crippen LogP contribution in [0.3, 0.4) is 0 Å². The molecule has 0 amide bonds. The molecular formula is C14H21NO3. The van der Waals surface area contributed by atoms with Gasteiger partial charge < -0.3 is 15.5 Å². The van der Waals surface area contributed by atoms with Crippen molar-refractivity contribution in [1.29, 1.82) is 0 Å². The summed E-state index contributed by atoms with van der Waals surface area (Å²) in [5, 5.41) is 21.5. The second-order valence-corrected chi connectivity index (χ2v) is 4.66. The minimum Gasteiger partial charge on any atom is -0.481 e. The molecule has 4 nitrogen and oxygen atoms in total. The van der Waals surface area contributed by atoms with E-state index in [4.69, 9.17) is 5.11 Å². The first kappa shape index (κ1) is 14.7. The Hall–Kier alpha value is -1.39. The van der Waals surface area contributed by atoms with E-state index in [-0.39, 0.29) is 18.6 Å². The van der Waals surface area contributed by atoms with Crippen molar-refractivity contribution in [3.63, 3.8) is 0 Å². The van der Waals surface area contributed by atoms with Crippen LogP contribution in [0.4, 0.5) is 0 Å². The first-order valence-corrected chi connectivity index (χ1v) is 6.18. The molecule has 3 atom stereocenters. The molecule has 100 valence electrons. The van der Waals surface area contributed by atoms with Crippen molar-refractivity contribution in [3.8, 4) is 0 Å². The fourth-order valence-corrected chi connectivity index (χ4v) is 1.70. The van der Waals surface area contributed by atoms with Gasteiger partial charge in [0.1, 0.15) is 0 Å². The number of benzene rings is 1. The number of rotatable bonds is 7. The monoisotopic (exact) mass is 251 g/mol. The number of nitrogens with one attached hydrogen (secondary N) is 1. The highest BCUT2D eigenvalue weighted by Gasteiger charge is 2.21. The molecule has 0 saturated heterocycles. The van der Waals surface area contributed by atoms with Crippen molar-refractivity contribution >= 4 is 5.97 Å². The molecule has 1 aromatic rings. The lowest BCUT2D eigenvalue weighted by atomic mass is 9.98. The zero-order valence-corrected chi connectivity index (χ0v) is 10.8. The fraction of sp³-hybridized carbons (Fsp3) is 0.500. The van der Waals surface area contributed by atoms with Gasteiger partial charge in [-0.3, -0.25) is 4.79 Å². The normalized spacial score (nSPS) is 15.9. The van der Waals surface area contributed by atoms with E-state index in [1.54, 1.807) is 0 Å². The predicted octanol–water partition coefficient (Wildman–Crippen LogP) is 1.46. The fourth-order valence-electron chi connectivity index (χ4n) is 1.70. The predicted molar refractivity (Wildman–Crippen MR) is 70.5 cm³/mol. The number of carbonyl (C=O) groups is 1. The van der Waals surface area contributed by atoms with E-state index < -0.39 is 11.9 Å². The molecular weight excluding hydrogens is 230 g/mol. The van der Waals surface area contributed by atoms with Gasteiger partial charge in [-0.2, -0.15) is 0 Å². The first-order chi connectivity index (χ1) is 8.56. The van der Waals surface area contributed by atoms with E-state index >= 15 is 0 Å². The van der Waals surface area contributed by atoms with E-state index in [0.717, 1.165) is 5.56 Å². The molecule has 3 unspecified atom stereocenters. The summed E-state index contributed by atoms with van der Waals surface area (Å²) in [5.41, 5.74) is 0.793. The maximum atomic E-state index is 11.3. The number of aliphatic hydroxyl groups excluding tert-OH is 1. The van der Waals surface area contributed by atoms with E-state index in [9.17, 15) is 9.90 Å². The van der Waals surface area contributed by atoms with Crippen LogP contribution in [0.5, 0.6) is 0 Å². The summed E-state index contributed by atoms with van der Waals surface area (Å²) in [6.07, 6.45) is 0. The lowest BCUT2D eigenvalue weighted by molar-refractivity contribution is -0.138. The van der Waals surface area contributed by atoms with Crippen LogP contribution in [0.1, 0.15) is 25.3 Å². The van der Waals surface area contributed by atoms with Gasteiger partial charge in [0, 0.05) is 19.2 Å². The lowest BCUT2D eigenvalue weighted by Gasteiger charge is -2.22. The third-order valence-electron chi connectivity index (χ3n) is 3.29. The summed E-state index contributed by atoms with van der Waals surface area (Å²) in [7, 11) is 0. The molecule has 0 aromatic heterocycles. The highest BCUT2D eigenvalue weighted by atomic mass is 16.4. The molecule has 0 spiro atoms. The summed E-state index contributed by atoms with van der Waals surface area (Å²) < 4.78 is 0. The van der Waals surface area contributed by atoms with Gasteiger partial charge in [-0.05, 0) is 18.4 Å². The minimum absolute atomic E-state index is 0.0839. The zero-order valence-electron chi connectivity index (χ0n) is 10.8. The number of carboxylic acids is 1. The molecule has 0 aliphatic rings. The molecule has 0 radical (unpaired) electrons. The van der Waals surface area contributed by atoms with E-state index in [2.05, 4.69) is 5.32 Å². The minimum atomic E-state index is -0.836. The second kappa shape index (κ2) is 7.13. The average Bonchev–Trinajstić information content (AvgIpc) is 2.38. The topological polar surface area (TPSA) is 69.6 Å². The Bertz CT molecular complexity index is 367. The molecule has 0 aliphatic carbocycles. The molecule has 0 bridgehead atoms. The third kappa shape index (κ3) is 4.13. The Labute approximate surface area is 108 Å². The molecule has 4 heteroatoms. The van der Waals surface area contributed by atoms with Gasteiger partial charge in [0.05, 0.1) is 5.92 Å². The Balaban J connectivity index is 2.63. The van der Waals surface area contributed by atoms with Crippen molar-refractivity contribution in [2.45, 2.75) is 25.8 Å². The van der Waals surface area contributed by atoms with Gasteiger partial charge >= 0.3 is 5.97 Å². The second-order valence-electron chi connectivity index (χ2n) is 4.66. The summed E-state index contributed by atoms with van der Waals surface area (Å²) in [6, 6.07) is 9.27. The molecule has 0 fully saturated rings. The smallest absolute Gasteiger partial charge is 0.312 e. The van der Waals surface area contributed by atoms with E-state index in [1.807, 2.05) is 44.2 Å². The maximum Gasteiger partial charge on any atom is 0.312 e. The van der Waals surface area contributed by atoms with Gasteiger partial charge in [-0.25, -0.2) is 0 Å². The van der Waals surface area contributed by atoms with Crippen LogP contribution in [-0.2, 0) is 4.79 Å². The van der Waals surface area contributed by atoms with Gasteiger partial charge in [-0.15, -0.1) is 0 Å². The largest absolute Gasteiger partial charge is 0.481 e. The molecule has 18 heavy (non-hydrogen) atoms. The van der Waals surface area contributed by atoms with Gasteiger partial charge in [0.2, 0.25) is 0 Å². The standard InChI is InChI=1S/C14H21NO3/c1-10(9-16)11(2)15-8-13(14(17)18)12-6-4-3-5-7-12/h3-7,10-11,13,15-16H,8-9H2,1-2H3,(H,17,18). The number of aliphatic carboxylic acids is 1. The molecule has 1 rings (SSSR count). The molecule has 1 aromatic carbocycles. The van der Waals surface area contributed by atoms with Crippen molar-refractivity contribution in [2.75, 3.05) is 13.2 Å². The van der Waals surface area contributed by atoms with Gasteiger partial charge in [-0.1, -0.05) is 37.3 Å². The maximum absolute atomic E-state index is 11.3. The van der Waals surface area contributed by atoms with E-state index in [1.165, 1.54) is 0 Å². The Morgan fingerprint density at radius 1 is 1.28 bits per heavy atom. The Kier molecular flexibility index (Phi) is 5.82. The number of aliphatic hydroxyl groups is 1. The quantitative estimate of drug-likeness (QED) is 0.686. The summed E-state index contributed by atoms with van der Waals surface area (Å²) >= 11 is 0. The Morgan fingerprint density at radius 3 is 2.39 bits per heavy atom. The highest BCUT2D eigenvalue weighted by Crippen LogP contribution is 2.15. The van der Waals surface area contributed by atoms with Crippen LogP contribution in [-0.4, -0.2) is 35.4 Å². The van der Waals surface area contributed by atoms with Crippen LogP contribution < -0.4 is 5.32 Å². The molecule has 3 N–H and O–H groups in total.